The predicted octanol–water partition coefficient (Wildman–Crippen LogP) is 7.90. The van der Waals surface area contributed by atoms with Gasteiger partial charge in [0, 0.05) is 58.1 Å². The van der Waals surface area contributed by atoms with Crippen molar-refractivity contribution in [2.24, 2.45) is 0 Å². The minimum absolute atomic E-state index is 0.221. The fourth-order valence-corrected chi connectivity index (χ4v) is 5.77. The molecule has 0 saturated carbocycles. The van der Waals surface area contributed by atoms with Crippen LogP contribution < -0.4 is 0 Å². The Morgan fingerprint density at radius 3 is 2.37 bits per heavy atom. The van der Waals surface area contributed by atoms with E-state index in [1.165, 1.54) is 28.8 Å². The van der Waals surface area contributed by atoms with Crippen LogP contribution in [0.2, 0.25) is 0 Å². The molecule has 0 atom stereocenters. The molecule has 0 radical (unpaired) electrons. The Hall–Kier alpha value is -3.09. The van der Waals surface area contributed by atoms with Crippen LogP contribution in [0.5, 0.6) is 0 Å². The van der Waals surface area contributed by atoms with E-state index in [2.05, 4.69) is 40.9 Å². The molecule has 35 heavy (non-hydrogen) atoms. The maximum absolute atomic E-state index is 13.7. The monoisotopic (exact) mass is 487 g/mol. The lowest BCUT2D eigenvalue weighted by Crippen LogP contribution is -2.17. The molecular formula is C29H30FN3OS. The van der Waals surface area contributed by atoms with Gasteiger partial charge < -0.3 is 9.30 Å². The van der Waals surface area contributed by atoms with Gasteiger partial charge in [0.2, 0.25) is 0 Å². The first kappa shape index (κ1) is 23.6. The van der Waals surface area contributed by atoms with Gasteiger partial charge in [0.05, 0.1) is 17.2 Å². The third-order valence-electron chi connectivity index (χ3n) is 6.55. The van der Waals surface area contributed by atoms with Crippen molar-refractivity contribution in [2.75, 3.05) is 13.2 Å². The molecule has 1 fully saturated rings. The predicted molar refractivity (Wildman–Crippen MR) is 143 cm³/mol. The van der Waals surface area contributed by atoms with Gasteiger partial charge in [0.25, 0.3) is 0 Å². The highest BCUT2D eigenvalue weighted by molar-refractivity contribution is 7.98. The van der Waals surface area contributed by atoms with Crippen LogP contribution in [-0.4, -0.2) is 27.0 Å². The molecule has 6 rings (SSSR count). The summed E-state index contributed by atoms with van der Waals surface area (Å²) in [4.78, 5) is 1.14. The zero-order chi connectivity index (χ0) is 24.4. The van der Waals surface area contributed by atoms with E-state index >= 15 is 0 Å². The van der Waals surface area contributed by atoms with Crippen LogP contribution in [0.25, 0.3) is 27.5 Å². The lowest BCUT2D eigenvalue weighted by Gasteiger charge is -2.25. The summed E-state index contributed by atoms with van der Waals surface area (Å²) in [5, 5.41) is 6.95. The molecule has 1 aliphatic rings. The smallest absolute Gasteiger partial charge is 0.123 e. The maximum atomic E-state index is 13.7. The summed E-state index contributed by atoms with van der Waals surface area (Å²) in [6.07, 6.45) is 3.92. The number of nitrogens with zero attached hydrogens (tertiary/aromatic N) is 3. The van der Waals surface area contributed by atoms with Crippen LogP contribution in [0, 0.1) is 12.7 Å². The lowest BCUT2D eigenvalue weighted by atomic mass is 9.93. The topological polar surface area (TPSA) is 32.0 Å². The molecule has 3 heterocycles. The summed E-state index contributed by atoms with van der Waals surface area (Å²) in [5.74, 6) is 0.190. The Morgan fingerprint density at radius 1 is 0.943 bits per heavy atom. The summed E-state index contributed by atoms with van der Waals surface area (Å²) >= 11 is 1.62. The average molecular weight is 488 g/mol. The summed E-state index contributed by atoms with van der Waals surface area (Å²) in [6, 6.07) is 21.6. The maximum Gasteiger partial charge on any atom is 0.123 e. The van der Waals surface area contributed by atoms with Gasteiger partial charge in [-0.3, -0.25) is 0 Å². The highest BCUT2D eigenvalue weighted by Crippen LogP contribution is 2.40. The van der Waals surface area contributed by atoms with Crippen molar-refractivity contribution in [2.45, 2.75) is 44.4 Å². The number of benzene rings is 3. The van der Waals surface area contributed by atoms with Gasteiger partial charge in [-0.25, -0.2) is 8.48 Å². The fourth-order valence-electron chi connectivity index (χ4n) is 4.94. The van der Waals surface area contributed by atoms with Crippen molar-refractivity contribution in [3.63, 3.8) is 0 Å². The van der Waals surface area contributed by atoms with Crippen LogP contribution in [0.1, 0.15) is 43.9 Å². The van der Waals surface area contributed by atoms with Gasteiger partial charge in [-0.05, 0) is 73.9 Å². The van der Waals surface area contributed by atoms with Crippen molar-refractivity contribution in [3.05, 3.63) is 90.0 Å². The molecular weight excluding hydrogens is 457 g/mol. The molecule has 1 saturated heterocycles. The Morgan fingerprint density at radius 2 is 1.66 bits per heavy atom. The second-order valence-electron chi connectivity index (χ2n) is 8.56. The molecule has 5 aromatic rings. The van der Waals surface area contributed by atoms with Gasteiger partial charge in [0.1, 0.15) is 5.82 Å². The first-order valence-electron chi connectivity index (χ1n) is 12.3. The first-order valence-corrected chi connectivity index (χ1v) is 13.1. The summed E-state index contributed by atoms with van der Waals surface area (Å²) in [5.41, 5.74) is 5.80. The first-order chi connectivity index (χ1) is 17.2. The van der Waals surface area contributed by atoms with Gasteiger partial charge in [-0.2, -0.15) is 5.10 Å². The van der Waals surface area contributed by atoms with Crippen LogP contribution >= 0.6 is 11.9 Å². The number of rotatable bonds is 4. The molecule has 3 aromatic carbocycles. The SMILES string of the molecule is CC.Cc1c(C2CCOCC2)n(-c2ccc(F)cc2)c2cc3cnn(Sc4ccccc4)c3cc12. The van der Waals surface area contributed by atoms with E-state index in [9.17, 15) is 4.39 Å². The number of hydrogen-bond donors (Lipinski definition) is 0. The van der Waals surface area contributed by atoms with E-state index in [0.717, 1.165) is 53.1 Å². The summed E-state index contributed by atoms with van der Waals surface area (Å²) in [7, 11) is 0. The van der Waals surface area contributed by atoms with Gasteiger partial charge in [-0.1, -0.05) is 32.0 Å². The molecule has 0 unspecified atom stereocenters. The number of ether oxygens (including phenoxy) is 1. The Balaban J connectivity index is 0.00000124. The summed E-state index contributed by atoms with van der Waals surface area (Å²) in [6.45, 7) is 7.77. The van der Waals surface area contributed by atoms with Crippen LogP contribution in [0.4, 0.5) is 4.39 Å². The fraction of sp³-hybridized carbons (Fsp3) is 0.276. The van der Waals surface area contributed by atoms with Crippen LogP contribution in [-0.2, 0) is 4.74 Å². The van der Waals surface area contributed by atoms with Crippen molar-refractivity contribution >= 4 is 33.8 Å². The van der Waals surface area contributed by atoms with Crippen molar-refractivity contribution in [3.8, 4) is 5.69 Å². The average Bonchev–Trinajstić information content (AvgIpc) is 3.43. The van der Waals surface area contributed by atoms with E-state index in [0.29, 0.717) is 5.92 Å². The Kier molecular flexibility index (Phi) is 6.93. The number of fused-ring (bicyclic) bond motifs is 2. The normalized spacial score (nSPS) is 14.3. The van der Waals surface area contributed by atoms with Crippen LogP contribution in [0.15, 0.2) is 77.8 Å². The van der Waals surface area contributed by atoms with Crippen LogP contribution in [0.3, 0.4) is 0 Å². The second-order valence-corrected chi connectivity index (χ2v) is 9.56. The Labute approximate surface area is 209 Å². The molecule has 6 heteroatoms. The molecule has 0 aliphatic carbocycles. The standard InChI is InChI=1S/C27H24FN3OS.C2H6/c1-18-24-16-25-20(17-29-31(25)33-23-5-3-2-4-6-23)15-26(24)30(22-9-7-21(28)8-10-22)27(18)19-11-13-32-14-12-19;1-2/h2-10,15-17,19H,11-14H2,1H3;1-2H3. The molecule has 0 bridgehead atoms. The Bertz CT molecular complexity index is 1430. The van der Waals surface area contributed by atoms with E-state index in [-0.39, 0.29) is 5.82 Å². The molecule has 180 valence electrons. The zero-order valence-corrected chi connectivity index (χ0v) is 21.2. The van der Waals surface area contributed by atoms with Gasteiger partial charge in [0.15, 0.2) is 0 Å². The molecule has 1 aliphatic heterocycles. The van der Waals surface area contributed by atoms with Gasteiger partial charge >= 0.3 is 0 Å². The molecule has 2 aromatic heterocycles. The van der Waals surface area contributed by atoms with E-state index < -0.39 is 0 Å². The zero-order valence-electron chi connectivity index (χ0n) is 20.4. The molecule has 0 spiro atoms. The number of aromatic nitrogens is 3. The highest BCUT2D eigenvalue weighted by atomic mass is 32.2. The molecule has 0 N–H and O–H groups in total. The molecule has 0 amide bonds. The van der Waals surface area contributed by atoms with Gasteiger partial charge in [-0.15, -0.1) is 0 Å². The molecule has 4 nitrogen and oxygen atoms in total. The quantitative estimate of drug-likeness (QED) is 0.258. The third kappa shape index (κ3) is 4.48. The largest absolute Gasteiger partial charge is 0.381 e. The number of aryl methyl sites for hydroxylation is 1. The minimum Gasteiger partial charge on any atom is -0.381 e. The number of halogens is 1. The highest BCUT2D eigenvalue weighted by Gasteiger charge is 2.26. The van der Waals surface area contributed by atoms with E-state index in [1.807, 2.05) is 54.5 Å². The van der Waals surface area contributed by atoms with Crippen molar-refractivity contribution in [1.82, 2.24) is 13.8 Å². The second kappa shape index (κ2) is 10.3. The summed E-state index contributed by atoms with van der Waals surface area (Å²) < 4.78 is 23.7. The lowest BCUT2D eigenvalue weighted by molar-refractivity contribution is 0.0841. The van der Waals surface area contributed by atoms with Crippen molar-refractivity contribution < 1.29 is 9.13 Å². The van der Waals surface area contributed by atoms with Crippen molar-refractivity contribution in [1.29, 1.82) is 0 Å². The number of hydrogen-bond acceptors (Lipinski definition) is 3. The minimum atomic E-state index is -0.221. The van der Waals surface area contributed by atoms with E-state index in [4.69, 9.17) is 4.74 Å². The van der Waals surface area contributed by atoms with E-state index in [1.54, 1.807) is 11.9 Å². The third-order valence-corrected chi connectivity index (χ3v) is 7.50.